The largest absolute Gasteiger partial charge is 0.389 e. The van der Waals surface area contributed by atoms with Gasteiger partial charge in [-0.25, -0.2) is 0 Å². The van der Waals surface area contributed by atoms with Crippen LogP contribution < -0.4 is 0 Å². The third-order valence-corrected chi connectivity index (χ3v) is 1.87. The van der Waals surface area contributed by atoms with Crippen molar-refractivity contribution in [3.8, 4) is 0 Å². The SMILES string of the molecule is C=C[C@H](O)CCC1OCCCO1. The van der Waals surface area contributed by atoms with Gasteiger partial charge in [0.1, 0.15) is 0 Å². The van der Waals surface area contributed by atoms with E-state index in [-0.39, 0.29) is 6.29 Å². The van der Waals surface area contributed by atoms with Crippen LogP contribution in [-0.2, 0) is 9.47 Å². The van der Waals surface area contributed by atoms with E-state index in [1.807, 2.05) is 0 Å². The Balaban J connectivity index is 2.08. The first kappa shape index (κ1) is 9.71. The zero-order valence-corrected chi connectivity index (χ0v) is 7.24. The van der Waals surface area contributed by atoms with Gasteiger partial charge in [-0.3, -0.25) is 0 Å². The van der Waals surface area contributed by atoms with Gasteiger partial charge in [0.05, 0.1) is 19.3 Å². The molecule has 1 saturated heterocycles. The van der Waals surface area contributed by atoms with E-state index in [1.165, 1.54) is 6.08 Å². The Labute approximate surface area is 73.0 Å². The number of rotatable bonds is 4. The molecule has 0 saturated carbocycles. The van der Waals surface area contributed by atoms with Gasteiger partial charge in [0.2, 0.25) is 0 Å². The van der Waals surface area contributed by atoms with Gasteiger partial charge in [-0.2, -0.15) is 0 Å². The van der Waals surface area contributed by atoms with Gasteiger partial charge in [-0.05, 0) is 12.8 Å². The van der Waals surface area contributed by atoms with Crippen LogP contribution in [0.25, 0.3) is 0 Å². The minimum Gasteiger partial charge on any atom is -0.389 e. The molecule has 12 heavy (non-hydrogen) atoms. The minimum absolute atomic E-state index is 0.117. The lowest BCUT2D eigenvalue weighted by molar-refractivity contribution is -0.183. The van der Waals surface area contributed by atoms with E-state index in [1.54, 1.807) is 0 Å². The highest BCUT2D eigenvalue weighted by Gasteiger charge is 2.14. The molecule has 0 aromatic heterocycles. The highest BCUT2D eigenvalue weighted by Crippen LogP contribution is 2.11. The molecule has 0 aromatic carbocycles. The zero-order valence-electron chi connectivity index (χ0n) is 7.24. The fourth-order valence-corrected chi connectivity index (χ4v) is 1.13. The van der Waals surface area contributed by atoms with Crippen LogP contribution in [0, 0.1) is 0 Å². The molecule has 1 N–H and O–H groups in total. The number of hydrogen-bond donors (Lipinski definition) is 1. The van der Waals surface area contributed by atoms with Crippen LogP contribution in [0.4, 0.5) is 0 Å². The summed E-state index contributed by atoms with van der Waals surface area (Å²) in [4.78, 5) is 0. The fraction of sp³-hybridized carbons (Fsp3) is 0.778. The van der Waals surface area contributed by atoms with Gasteiger partial charge in [0, 0.05) is 6.42 Å². The molecule has 0 bridgehead atoms. The first-order chi connectivity index (χ1) is 5.83. The lowest BCUT2D eigenvalue weighted by Crippen LogP contribution is -2.25. The lowest BCUT2D eigenvalue weighted by atomic mass is 10.2. The molecular weight excluding hydrogens is 156 g/mol. The highest BCUT2D eigenvalue weighted by atomic mass is 16.7. The molecule has 1 fully saturated rings. The molecule has 70 valence electrons. The fourth-order valence-electron chi connectivity index (χ4n) is 1.13. The van der Waals surface area contributed by atoms with Crippen LogP contribution in [0.5, 0.6) is 0 Å². The Morgan fingerprint density at radius 1 is 1.50 bits per heavy atom. The second-order valence-electron chi connectivity index (χ2n) is 2.91. The predicted octanol–water partition coefficient (Wildman–Crippen LogP) is 1.08. The molecule has 0 amide bonds. The van der Waals surface area contributed by atoms with E-state index in [2.05, 4.69) is 6.58 Å². The third-order valence-electron chi connectivity index (χ3n) is 1.87. The molecule has 1 atom stereocenters. The molecule has 1 aliphatic rings. The summed E-state index contributed by atoms with van der Waals surface area (Å²) in [5.74, 6) is 0. The van der Waals surface area contributed by atoms with Crippen molar-refractivity contribution in [1.29, 1.82) is 0 Å². The minimum atomic E-state index is -0.431. The average Bonchev–Trinajstić information content (AvgIpc) is 2.16. The molecule has 0 spiro atoms. The van der Waals surface area contributed by atoms with E-state index < -0.39 is 6.10 Å². The Bertz CT molecular complexity index is 130. The first-order valence-corrected chi connectivity index (χ1v) is 4.37. The second-order valence-corrected chi connectivity index (χ2v) is 2.91. The Morgan fingerprint density at radius 2 is 2.17 bits per heavy atom. The predicted molar refractivity (Wildman–Crippen MR) is 45.7 cm³/mol. The van der Waals surface area contributed by atoms with Gasteiger partial charge in [-0.15, -0.1) is 6.58 Å². The summed E-state index contributed by atoms with van der Waals surface area (Å²) in [7, 11) is 0. The van der Waals surface area contributed by atoms with Crippen LogP contribution in [0.3, 0.4) is 0 Å². The molecule has 1 aliphatic heterocycles. The molecule has 1 rings (SSSR count). The van der Waals surface area contributed by atoms with Crippen molar-refractivity contribution >= 4 is 0 Å². The van der Waals surface area contributed by atoms with Crippen molar-refractivity contribution in [3.63, 3.8) is 0 Å². The molecule has 0 radical (unpaired) electrons. The van der Waals surface area contributed by atoms with Gasteiger partial charge in [0.25, 0.3) is 0 Å². The Hall–Kier alpha value is -0.380. The van der Waals surface area contributed by atoms with Crippen molar-refractivity contribution in [2.75, 3.05) is 13.2 Å². The van der Waals surface area contributed by atoms with Crippen LogP contribution in [-0.4, -0.2) is 30.7 Å². The van der Waals surface area contributed by atoms with Crippen molar-refractivity contribution in [2.24, 2.45) is 0 Å². The summed E-state index contributed by atoms with van der Waals surface area (Å²) in [6, 6.07) is 0. The summed E-state index contributed by atoms with van der Waals surface area (Å²) in [5, 5.41) is 9.16. The van der Waals surface area contributed by atoms with E-state index in [9.17, 15) is 0 Å². The molecule has 1 heterocycles. The Kier molecular flexibility index (Phi) is 4.29. The van der Waals surface area contributed by atoms with Gasteiger partial charge < -0.3 is 14.6 Å². The average molecular weight is 172 g/mol. The van der Waals surface area contributed by atoms with Crippen LogP contribution in [0.2, 0.25) is 0 Å². The van der Waals surface area contributed by atoms with E-state index in [4.69, 9.17) is 14.6 Å². The quantitative estimate of drug-likeness (QED) is 0.645. The van der Waals surface area contributed by atoms with E-state index in [0.717, 1.165) is 26.1 Å². The zero-order chi connectivity index (χ0) is 8.81. The van der Waals surface area contributed by atoms with Crippen molar-refractivity contribution in [2.45, 2.75) is 31.7 Å². The number of hydrogen-bond acceptors (Lipinski definition) is 3. The third kappa shape index (κ3) is 3.34. The number of aliphatic hydroxyl groups excluding tert-OH is 1. The standard InChI is InChI=1S/C9H16O3/c1-2-8(10)4-5-9-11-6-3-7-12-9/h2,8-10H,1,3-7H2/t8-/m0/s1. The molecular formula is C9H16O3. The number of aliphatic hydroxyl groups is 1. The molecule has 3 heteroatoms. The smallest absolute Gasteiger partial charge is 0.157 e. The maximum absolute atomic E-state index is 9.16. The van der Waals surface area contributed by atoms with Crippen LogP contribution in [0.15, 0.2) is 12.7 Å². The first-order valence-electron chi connectivity index (χ1n) is 4.37. The van der Waals surface area contributed by atoms with E-state index in [0.29, 0.717) is 6.42 Å². The number of ether oxygens (including phenoxy) is 2. The molecule has 0 aromatic rings. The second kappa shape index (κ2) is 5.30. The van der Waals surface area contributed by atoms with Crippen molar-refractivity contribution in [1.82, 2.24) is 0 Å². The summed E-state index contributed by atoms with van der Waals surface area (Å²) in [6.07, 6.45) is 3.36. The summed E-state index contributed by atoms with van der Waals surface area (Å²) in [5.41, 5.74) is 0. The monoisotopic (exact) mass is 172 g/mol. The van der Waals surface area contributed by atoms with Gasteiger partial charge >= 0.3 is 0 Å². The van der Waals surface area contributed by atoms with Crippen molar-refractivity contribution in [3.05, 3.63) is 12.7 Å². The summed E-state index contributed by atoms with van der Waals surface area (Å²) < 4.78 is 10.6. The van der Waals surface area contributed by atoms with Gasteiger partial charge in [-0.1, -0.05) is 6.08 Å². The maximum atomic E-state index is 9.16. The van der Waals surface area contributed by atoms with Crippen LogP contribution >= 0.6 is 0 Å². The van der Waals surface area contributed by atoms with Gasteiger partial charge in [0.15, 0.2) is 6.29 Å². The Morgan fingerprint density at radius 3 is 2.75 bits per heavy atom. The highest BCUT2D eigenvalue weighted by molar-refractivity contribution is 4.77. The topological polar surface area (TPSA) is 38.7 Å². The van der Waals surface area contributed by atoms with E-state index >= 15 is 0 Å². The summed E-state index contributed by atoms with van der Waals surface area (Å²) in [6.45, 7) is 5.04. The normalized spacial score (nSPS) is 22.1. The summed E-state index contributed by atoms with van der Waals surface area (Å²) >= 11 is 0. The van der Waals surface area contributed by atoms with Crippen molar-refractivity contribution < 1.29 is 14.6 Å². The maximum Gasteiger partial charge on any atom is 0.157 e. The molecule has 0 unspecified atom stereocenters. The molecule has 0 aliphatic carbocycles. The van der Waals surface area contributed by atoms with Crippen LogP contribution in [0.1, 0.15) is 19.3 Å². The molecule has 3 nitrogen and oxygen atoms in total. The lowest BCUT2D eigenvalue weighted by Gasteiger charge is -2.23.